The maximum atomic E-state index is 14.6. The van der Waals surface area contributed by atoms with Gasteiger partial charge in [-0.15, -0.1) is 0 Å². The molecule has 0 aliphatic heterocycles. The maximum Gasteiger partial charge on any atom is 0.336 e. The van der Waals surface area contributed by atoms with Crippen LogP contribution < -0.4 is 4.74 Å². The lowest BCUT2D eigenvalue weighted by Crippen LogP contribution is -2.14. The van der Waals surface area contributed by atoms with Gasteiger partial charge in [0.15, 0.2) is 0 Å². The van der Waals surface area contributed by atoms with Crippen molar-refractivity contribution in [3.05, 3.63) is 76.0 Å². The number of allylic oxidation sites excluding steroid dienone is 3. The summed E-state index contributed by atoms with van der Waals surface area (Å²) < 4.78 is 25.4. The first kappa shape index (κ1) is 20.0. The number of fused-ring (bicyclic) bond motifs is 1. The number of nitrogens with one attached hydrogen (secondary N) is 1. The van der Waals surface area contributed by atoms with Crippen LogP contribution in [0.2, 0.25) is 5.02 Å². The van der Waals surface area contributed by atoms with Crippen LogP contribution >= 0.6 is 11.6 Å². The Balaban J connectivity index is 1.64. The van der Waals surface area contributed by atoms with Gasteiger partial charge in [0.2, 0.25) is 0 Å². The number of nitrogens with zero attached hydrogens (tertiary/aromatic N) is 1. The van der Waals surface area contributed by atoms with Crippen molar-refractivity contribution < 1.29 is 23.8 Å². The molecule has 0 fully saturated rings. The number of benzene rings is 2. The van der Waals surface area contributed by atoms with Crippen molar-refractivity contribution >= 4 is 28.6 Å². The number of aromatic carboxylic acids is 1. The second-order valence-corrected chi connectivity index (χ2v) is 7.33. The van der Waals surface area contributed by atoms with Gasteiger partial charge in [0.1, 0.15) is 17.7 Å². The molecule has 0 saturated carbocycles. The molecule has 6 nitrogen and oxygen atoms in total. The Bertz CT molecular complexity index is 1200. The molecule has 3 aromatic rings. The van der Waals surface area contributed by atoms with Crippen LogP contribution in [0.4, 0.5) is 4.39 Å². The highest BCUT2D eigenvalue weighted by molar-refractivity contribution is 6.32. The fraction of sp³-hybridized carbons (Fsp3) is 0.182. The molecule has 0 bridgehead atoms. The first-order chi connectivity index (χ1) is 14.4. The molecule has 30 heavy (non-hydrogen) atoms. The summed E-state index contributed by atoms with van der Waals surface area (Å²) in [4.78, 5) is 18.7. The van der Waals surface area contributed by atoms with Gasteiger partial charge in [-0.25, -0.2) is 9.18 Å². The summed E-state index contributed by atoms with van der Waals surface area (Å²) >= 11 is 6.40. The zero-order chi connectivity index (χ0) is 21.4. The Hall–Kier alpha value is -3.32. The number of aromatic amines is 1. The highest BCUT2D eigenvalue weighted by atomic mass is 35.5. The predicted molar refractivity (Wildman–Crippen MR) is 111 cm³/mol. The minimum absolute atomic E-state index is 0.149. The molecule has 2 aromatic carbocycles. The van der Waals surface area contributed by atoms with E-state index >= 15 is 0 Å². The van der Waals surface area contributed by atoms with Gasteiger partial charge in [-0.2, -0.15) is 4.98 Å². The molecule has 2 unspecified atom stereocenters. The van der Waals surface area contributed by atoms with Gasteiger partial charge in [0, 0.05) is 10.9 Å². The molecular formula is C22H18ClFN2O4. The van der Waals surface area contributed by atoms with E-state index in [9.17, 15) is 14.3 Å². The summed E-state index contributed by atoms with van der Waals surface area (Å²) in [6.45, 7) is 1.71. The number of imidazole rings is 1. The van der Waals surface area contributed by atoms with E-state index in [1.54, 1.807) is 43.3 Å². The van der Waals surface area contributed by atoms with Crippen molar-refractivity contribution in [1.82, 2.24) is 9.97 Å². The third kappa shape index (κ3) is 3.76. The third-order valence-corrected chi connectivity index (χ3v) is 5.29. The average Bonchev–Trinajstić information content (AvgIpc) is 3.09. The van der Waals surface area contributed by atoms with Gasteiger partial charge in [-0.05, 0) is 54.5 Å². The lowest BCUT2D eigenvalue weighted by atomic mass is 9.90. The molecule has 0 spiro atoms. The molecule has 2 N–H and O–H groups in total. The van der Waals surface area contributed by atoms with Gasteiger partial charge in [-0.3, -0.25) is 0 Å². The monoisotopic (exact) mass is 428 g/mol. The van der Waals surface area contributed by atoms with E-state index in [4.69, 9.17) is 21.1 Å². The minimum atomic E-state index is -1.28. The van der Waals surface area contributed by atoms with Crippen LogP contribution in [-0.2, 0) is 4.74 Å². The summed E-state index contributed by atoms with van der Waals surface area (Å²) in [7, 11) is 1.49. The van der Waals surface area contributed by atoms with Crippen LogP contribution in [0.1, 0.15) is 27.4 Å². The number of aryl methyl sites for hydroxylation is 1. The van der Waals surface area contributed by atoms with E-state index in [-0.39, 0.29) is 11.6 Å². The van der Waals surface area contributed by atoms with E-state index in [1.807, 2.05) is 0 Å². The Morgan fingerprint density at radius 1 is 1.30 bits per heavy atom. The SMILES string of the molecule is COC1=CC(F)C(c2cc3[nH]c(Oc4ccc(C)c(C(=O)O)c4)nc3cc2Cl)C=C1. The second kappa shape index (κ2) is 7.84. The first-order valence-corrected chi connectivity index (χ1v) is 9.52. The number of methoxy groups -OCH3 is 1. The summed E-state index contributed by atoms with van der Waals surface area (Å²) in [5.41, 5.74) is 2.56. The molecule has 2 atom stereocenters. The highest BCUT2D eigenvalue weighted by Gasteiger charge is 2.25. The molecule has 154 valence electrons. The van der Waals surface area contributed by atoms with Gasteiger partial charge < -0.3 is 19.6 Å². The van der Waals surface area contributed by atoms with Gasteiger partial charge >= 0.3 is 5.97 Å². The van der Waals surface area contributed by atoms with E-state index in [1.165, 1.54) is 19.3 Å². The second-order valence-electron chi connectivity index (χ2n) is 6.92. The normalized spacial score (nSPS) is 18.3. The fourth-order valence-corrected chi connectivity index (χ4v) is 3.65. The van der Waals surface area contributed by atoms with Crippen LogP contribution in [0.3, 0.4) is 0 Å². The molecule has 8 heteroatoms. The van der Waals surface area contributed by atoms with E-state index in [0.29, 0.717) is 38.7 Å². The number of H-pyrrole nitrogens is 1. The number of aromatic nitrogens is 2. The number of carboxylic acids is 1. The predicted octanol–water partition coefficient (Wildman–Crippen LogP) is 5.54. The van der Waals surface area contributed by atoms with Gasteiger partial charge in [0.05, 0.1) is 23.7 Å². The first-order valence-electron chi connectivity index (χ1n) is 9.14. The lowest BCUT2D eigenvalue weighted by Gasteiger charge is -2.21. The quantitative estimate of drug-likeness (QED) is 0.557. The zero-order valence-electron chi connectivity index (χ0n) is 16.1. The molecule has 0 radical (unpaired) electrons. The zero-order valence-corrected chi connectivity index (χ0v) is 16.9. The van der Waals surface area contributed by atoms with E-state index in [0.717, 1.165) is 0 Å². The smallest absolute Gasteiger partial charge is 0.336 e. The summed E-state index contributed by atoms with van der Waals surface area (Å²) in [5.74, 6) is -0.790. The summed E-state index contributed by atoms with van der Waals surface area (Å²) in [6.07, 6.45) is 3.55. The van der Waals surface area contributed by atoms with Crippen molar-refractivity contribution in [3.8, 4) is 11.8 Å². The van der Waals surface area contributed by atoms with Crippen molar-refractivity contribution in [1.29, 1.82) is 0 Å². The van der Waals surface area contributed by atoms with Crippen molar-refractivity contribution in [2.45, 2.75) is 19.0 Å². The Morgan fingerprint density at radius 3 is 2.80 bits per heavy atom. The summed E-state index contributed by atoms with van der Waals surface area (Å²) in [5, 5.41) is 9.65. The highest BCUT2D eigenvalue weighted by Crippen LogP contribution is 2.36. The number of ether oxygens (including phenoxy) is 2. The Kier molecular flexibility index (Phi) is 5.22. The summed E-state index contributed by atoms with van der Waals surface area (Å²) in [6, 6.07) is 8.31. The minimum Gasteiger partial charge on any atom is -0.497 e. The van der Waals surface area contributed by atoms with Crippen LogP contribution in [0.5, 0.6) is 11.8 Å². The van der Waals surface area contributed by atoms with Crippen molar-refractivity contribution in [2.24, 2.45) is 0 Å². The van der Waals surface area contributed by atoms with Crippen LogP contribution in [0, 0.1) is 6.92 Å². The molecule has 4 rings (SSSR count). The van der Waals surface area contributed by atoms with Crippen LogP contribution in [0.15, 0.2) is 54.3 Å². The van der Waals surface area contributed by atoms with Gasteiger partial charge in [-0.1, -0.05) is 23.7 Å². The molecule has 0 amide bonds. The number of hydrogen-bond acceptors (Lipinski definition) is 4. The molecule has 1 aromatic heterocycles. The maximum absolute atomic E-state index is 14.6. The molecule has 1 heterocycles. The molecule has 0 saturated heterocycles. The fourth-order valence-electron chi connectivity index (χ4n) is 3.37. The topological polar surface area (TPSA) is 84.4 Å². The molecule has 1 aliphatic carbocycles. The van der Waals surface area contributed by atoms with Gasteiger partial charge in [0.25, 0.3) is 6.01 Å². The average molecular weight is 429 g/mol. The Labute approximate surface area is 176 Å². The van der Waals surface area contributed by atoms with Crippen molar-refractivity contribution in [3.63, 3.8) is 0 Å². The standard InChI is InChI=1S/C22H18ClFN2O4/c1-11-3-4-13(7-15(11)21(27)28)30-22-25-19-9-16(17(23)10-20(19)26-22)14-6-5-12(29-2)8-18(14)24/h3-10,14,18H,1-2H3,(H,25,26)(H,27,28). The number of carboxylic acid groups (broad SMARTS) is 1. The van der Waals surface area contributed by atoms with Crippen LogP contribution in [0.25, 0.3) is 11.0 Å². The number of alkyl halides is 1. The largest absolute Gasteiger partial charge is 0.497 e. The lowest BCUT2D eigenvalue weighted by molar-refractivity contribution is 0.0695. The number of halogens is 2. The van der Waals surface area contributed by atoms with E-state index in [2.05, 4.69) is 9.97 Å². The molecular weight excluding hydrogens is 411 g/mol. The van der Waals surface area contributed by atoms with Crippen LogP contribution in [-0.4, -0.2) is 34.3 Å². The third-order valence-electron chi connectivity index (χ3n) is 4.96. The van der Waals surface area contributed by atoms with Crippen molar-refractivity contribution in [2.75, 3.05) is 7.11 Å². The Morgan fingerprint density at radius 2 is 2.10 bits per heavy atom. The number of carbonyl (C=O) groups is 1. The molecule has 1 aliphatic rings. The van der Waals surface area contributed by atoms with E-state index < -0.39 is 18.1 Å². The number of rotatable bonds is 5. The number of hydrogen-bond donors (Lipinski definition) is 2.